The average molecular weight is 465 g/mol. The van der Waals surface area contributed by atoms with Crippen LogP contribution in [-0.2, 0) is 22.0 Å². The molecule has 2 aromatic rings. The molecule has 1 heterocycles. The van der Waals surface area contributed by atoms with Gasteiger partial charge in [-0.15, -0.1) is 0 Å². The molecule has 1 aliphatic rings. The fourth-order valence-electron chi connectivity index (χ4n) is 4.52. The van der Waals surface area contributed by atoms with Crippen molar-refractivity contribution in [1.29, 1.82) is 0 Å². The molecule has 2 aromatic carbocycles. The Labute approximate surface area is 204 Å². The van der Waals surface area contributed by atoms with Crippen LogP contribution in [0.5, 0.6) is 5.75 Å². The number of piperidine rings is 1. The molecule has 0 spiro atoms. The molecule has 34 heavy (non-hydrogen) atoms. The summed E-state index contributed by atoms with van der Waals surface area (Å²) in [7, 11) is 0. The lowest BCUT2D eigenvalue weighted by atomic mass is 9.78. The van der Waals surface area contributed by atoms with E-state index in [4.69, 9.17) is 0 Å². The Morgan fingerprint density at radius 1 is 0.941 bits per heavy atom. The molecule has 3 rings (SSSR count). The first kappa shape index (κ1) is 25.8. The van der Waals surface area contributed by atoms with Crippen molar-refractivity contribution in [2.24, 2.45) is 0 Å². The van der Waals surface area contributed by atoms with Crippen LogP contribution < -0.4 is 5.32 Å². The first-order chi connectivity index (χ1) is 15.9. The Morgan fingerprint density at radius 3 is 1.97 bits per heavy atom. The summed E-state index contributed by atoms with van der Waals surface area (Å²) in [6, 6.07) is 13.5. The molecule has 0 bridgehead atoms. The minimum absolute atomic E-state index is 0.0537. The van der Waals surface area contributed by atoms with Crippen LogP contribution in [0.25, 0.3) is 0 Å². The number of phenolic OH excluding ortho intramolecular Hbond substituents is 1. The minimum Gasteiger partial charge on any atom is -0.507 e. The molecule has 1 aliphatic heterocycles. The zero-order valence-corrected chi connectivity index (χ0v) is 21.6. The summed E-state index contributed by atoms with van der Waals surface area (Å²) in [6.45, 7) is 13.9. The second-order valence-electron chi connectivity index (χ2n) is 11.5. The van der Waals surface area contributed by atoms with Crippen molar-refractivity contribution in [3.8, 4) is 5.75 Å². The summed E-state index contributed by atoms with van der Waals surface area (Å²) in [5.41, 5.74) is 3.24. The second-order valence-corrected chi connectivity index (χ2v) is 11.5. The summed E-state index contributed by atoms with van der Waals surface area (Å²) < 4.78 is 0. The predicted octanol–water partition coefficient (Wildman–Crippen LogP) is 5.34. The number of amides is 2. The average Bonchev–Trinajstić information content (AvgIpc) is 2.77. The molecule has 0 saturated carbocycles. The lowest BCUT2D eigenvalue weighted by Gasteiger charge is -2.32. The van der Waals surface area contributed by atoms with Gasteiger partial charge in [0.05, 0.1) is 0 Å². The number of hydrogen-bond donors (Lipinski definition) is 2. The van der Waals surface area contributed by atoms with Crippen LogP contribution in [0.3, 0.4) is 0 Å². The van der Waals surface area contributed by atoms with Crippen molar-refractivity contribution in [2.75, 3.05) is 13.1 Å². The Kier molecular flexibility index (Phi) is 7.74. The Balaban J connectivity index is 1.58. The number of hydrogen-bond acceptors (Lipinski definition) is 3. The highest BCUT2D eigenvalue weighted by Crippen LogP contribution is 2.40. The van der Waals surface area contributed by atoms with Gasteiger partial charge in [0.25, 0.3) is 5.91 Å². The molecule has 0 unspecified atom stereocenters. The fraction of sp³-hybridized carbons (Fsp3) is 0.517. The first-order valence-corrected chi connectivity index (χ1v) is 12.4. The zero-order valence-electron chi connectivity index (χ0n) is 21.6. The molecule has 2 amide bonds. The molecule has 0 radical (unpaired) electrons. The number of nitrogens with zero attached hydrogens (tertiary/aromatic N) is 1. The van der Waals surface area contributed by atoms with Gasteiger partial charge in [-0.3, -0.25) is 9.59 Å². The number of phenols is 1. The molecule has 0 aliphatic carbocycles. The number of aromatic hydroxyl groups is 1. The maximum absolute atomic E-state index is 12.9. The smallest absolute Gasteiger partial charge is 0.251 e. The quantitative estimate of drug-likeness (QED) is 0.627. The largest absolute Gasteiger partial charge is 0.507 e. The maximum Gasteiger partial charge on any atom is 0.251 e. The number of likely N-dealkylation sites (tertiary alicyclic amines) is 1. The van der Waals surface area contributed by atoms with E-state index in [2.05, 4.69) is 59.0 Å². The third-order valence-corrected chi connectivity index (χ3v) is 6.63. The third-order valence-electron chi connectivity index (χ3n) is 6.63. The van der Waals surface area contributed by atoms with Gasteiger partial charge in [0.1, 0.15) is 5.75 Å². The molecular weight excluding hydrogens is 424 g/mol. The van der Waals surface area contributed by atoms with Crippen molar-refractivity contribution in [3.63, 3.8) is 0 Å². The molecule has 1 saturated heterocycles. The lowest BCUT2D eigenvalue weighted by molar-refractivity contribution is -0.132. The minimum atomic E-state index is -0.184. The molecule has 1 fully saturated rings. The summed E-state index contributed by atoms with van der Waals surface area (Å²) >= 11 is 0. The second kappa shape index (κ2) is 10.2. The van der Waals surface area contributed by atoms with Crippen molar-refractivity contribution >= 4 is 11.8 Å². The highest BCUT2D eigenvalue weighted by molar-refractivity contribution is 5.94. The number of carbonyl (C=O) groups excluding carboxylic acids is 2. The SMILES string of the molecule is CC(C)(C)c1cc(CCC(=O)N2CCC(NC(=O)c3ccccc3)CC2)cc(C(C)(C)C)c1O. The van der Waals surface area contributed by atoms with E-state index < -0.39 is 0 Å². The van der Waals surface area contributed by atoms with E-state index in [9.17, 15) is 14.7 Å². The van der Waals surface area contributed by atoms with E-state index >= 15 is 0 Å². The van der Waals surface area contributed by atoms with Gasteiger partial charge < -0.3 is 15.3 Å². The van der Waals surface area contributed by atoms with Gasteiger partial charge in [-0.25, -0.2) is 0 Å². The number of nitrogens with one attached hydrogen (secondary N) is 1. The third kappa shape index (κ3) is 6.40. The van der Waals surface area contributed by atoms with Crippen LogP contribution in [0.2, 0.25) is 0 Å². The van der Waals surface area contributed by atoms with E-state index in [1.807, 2.05) is 35.2 Å². The lowest BCUT2D eigenvalue weighted by Crippen LogP contribution is -2.46. The van der Waals surface area contributed by atoms with Gasteiger partial charge in [-0.05, 0) is 58.9 Å². The summed E-state index contributed by atoms with van der Waals surface area (Å²) in [5.74, 6) is 0.465. The standard InChI is InChI=1S/C29H40N2O3/c1-28(2,3)23-18-20(19-24(26(23)33)29(4,5)6)12-13-25(32)31-16-14-22(15-17-31)30-27(34)21-10-8-7-9-11-21/h7-11,18-19,22,33H,12-17H2,1-6H3,(H,30,34). The van der Waals surface area contributed by atoms with Crippen molar-refractivity contribution in [2.45, 2.75) is 84.1 Å². The van der Waals surface area contributed by atoms with Crippen LogP contribution in [-0.4, -0.2) is 41.0 Å². The number of benzene rings is 2. The first-order valence-electron chi connectivity index (χ1n) is 12.4. The van der Waals surface area contributed by atoms with Crippen LogP contribution in [0, 0.1) is 0 Å². The van der Waals surface area contributed by atoms with Crippen LogP contribution in [0.1, 0.15) is 87.9 Å². The molecule has 184 valence electrons. The molecule has 0 atom stereocenters. The Bertz CT molecular complexity index is 973. The van der Waals surface area contributed by atoms with E-state index in [-0.39, 0.29) is 28.7 Å². The normalized spacial score (nSPS) is 15.3. The van der Waals surface area contributed by atoms with E-state index in [0.717, 1.165) is 29.5 Å². The van der Waals surface area contributed by atoms with Crippen molar-refractivity contribution in [1.82, 2.24) is 10.2 Å². The van der Waals surface area contributed by atoms with Crippen molar-refractivity contribution < 1.29 is 14.7 Å². The topological polar surface area (TPSA) is 69.6 Å². The van der Waals surface area contributed by atoms with Gasteiger partial charge in [0, 0.05) is 31.1 Å². The summed E-state index contributed by atoms with van der Waals surface area (Å²) in [4.78, 5) is 27.3. The Morgan fingerprint density at radius 2 is 1.47 bits per heavy atom. The number of carbonyl (C=O) groups is 2. The Hall–Kier alpha value is -2.82. The zero-order chi connectivity index (χ0) is 25.1. The van der Waals surface area contributed by atoms with Gasteiger partial charge in [-0.1, -0.05) is 71.9 Å². The van der Waals surface area contributed by atoms with Crippen LogP contribution in [0.4, 0.5) is 0 Å². The molecule has 2 N–H and O–H groups in total. The molecule has 5 nitrogen and oxygen atoms in total. The maximum atomic E-state index is 12.9. The van der Waals surface area contributed by atoms with Gasteiger partial charge in [-0.2, -0.15) is 0 Å². The van der Waals surface area contributed by atoms with Crippen molar-refractivity contribution in [3.05, 3.63) is 64.7 Å². The number of rotatable bonds is 5. The van der Waals surface area contributed by atoms with Gasteiger partial charge >= 0.3 is 0 Å². The molecular formula is C29H40N2O3. The predicted molar refractivity (Wildman–Crippen MR) is 137 cm³/mol. The molecule has 0 aromatic heterocycles. The monoisotopic (exact) mass is 464 g/mol. The summed E-state index contributed by atoms with van der Waals surface area (Å²) in [6.07, 6.45) is 2.63. The summed E-state index contributed by atoms with van der Waals surface area (Å²) in [5, 5.41) is 14.0. The van der Waals surface area contributed by atoms with E-state index in [1.165, 1.54) is 0 Å². The van der Waals surface area contributed by atoms with Crippen LogP contribution >= 0.6 is 0 Å². The van der Waals surface area contributed by atoms with Gasteiger partial charge in [0.15, 0.2) is 0 Å². The fourth-order valence-corrected chi connectivity index (χ4v) is 4.52. The molecule has 5 heteroatoms. The number of aryl methyl sites for hydroxylation is 1. The van der Waals surface area contributed by atoms with Crippen LogP contribution in [0.15, 0.2) is 42.5 Å². The van der Waals surface area contributed by atoms with Gasteiger partial charge in [0.2, 0.25) is 5.91 Å². The van der Waals surface area contributed by atoms with E-state index in [0.29, 0.717) is 37.2 Å². The highest BCUT2D eigenvalue weighted by Gasteiger charge is 2.27. The highest BCUT2D eigenvalue weighted by atomic mass is 16.3. The van der Waals surface area contributed by atoms with E-state index in [1.54, 1.807) is 0 Å².